The van der Waals surface area contributed by atoms with Gasteiger partial charge in [0.1, 0.15) is 5.75 Å². The van der Waals surface area contributed by atoms with Crippen LogP contribution in [0.5, 0.6) is 5.75 Å². The fourth-order valence-corrected chi connectivity index (χ4v) is 1.75. The summed E-state index contributed by atoms with van der Waals surface area (Å²) in [7, 11) is 0. The Labute approximate surface area is 103 Å². The fraction of sp³-hybridized carbons (Fsp3) is 0.333. The lowest BCUT2D eigenvalue weighted by atomic mass is 9.88. The number of phenolic OH excluding ortho intramolecular Hbond substituents is 1. The molecule has 0 aliphatic heterocycles. The lowest BCUT2D eigenvalue weighted by Gasteiger charge is -2.32. The van der Waals surface area contributed by atoms with Crippen LogP contribution in [0.15, 0.2) is 24.3 Å². The van der Waals surface area contributed by atoms with E-state index in [-0.39, 0.29) is 11.3 Å². The molecule has 0 amide bonds. The summed E-state index contributed by atoms with van der Waals surface area (Å²) >= 11 is 0. The molecule has 0 aromatic heterocycles. The Balaban J connectivity index is 2.98. The van der Waals surface area contributed by atoms with Gasteiger partial charge in [-0.2, -0.15) is 0 Å². The van der Waals surface area contributed by atoms with Crippen LogP contribution < -0.4 is 5.32 Å². The normalized spacial score (nSPS) is 10.3. The molecule has 0 aliphatic carbocycles. The number of terminal acetylenes is 2. The molecule has 0 radical (unpaired) electrons. The Bertz CT molecular complexity index is 435. The second kappa shape index (κ2) is 5.87. The molecule has 2 heteroatoms. The van der Waals surface area contributed by atoms with Crippen LogP contribution in [-0.4, -0.2) is 10.6 Å². The first kappa shape index (κ1) is 13.0. The van der Waals surface area contributed by atoms with E-state index in [1.807, 2.05) is 19.1 Å². The van der Waals surface area contributed by atoms with Crippen LogP contribution in [-0.2, 0) is 0 Å². The van der Waals surface area contributed by atoms with E-state index in [0.29, 0.717) is 18.5 Å². The number of rotatable bonds is 5. The molecule has 0 fully saturated rings. The number of benzene rings is 1. The summed E-state index contributed by atoms with van der Waals surface area (Å²) in [6, 6.07) is 7.08. The van der Waals surface area contributed by atoms with E-state index in [1.165, 1.54) is 0 Å². The van der Waals surface area contributed by atoms with Gasteiger partial charge in [-0.3, -0.25) is 0 Å². The molecule has 2 nitrogen and oxygen atoms in total. The van der Waals surface area contributed by atoms with Gasteiger partial charge in [0.15, 0.2) is 0 Å². The predicted molar refractivity (Wildman–Crippen MR) is 71.7 cm³/mol. The van der Waals surface area contributed by atoms with Crippen molar-refractivity contribution in [3.8, 4) is 30.4 Å². The maximum atomic E-state index is 9.74. The maximum Gasteiger partial charge on any atom is 0.138 e. The van der Waals surface area contributed by atoms with Crippen LogP contribution in [0.2, 0.25) is 0 Å². The van der Waals surface area contributed by atoms with Crippen LogP contribution in [0.4, 0.5) is 5.69 Å². The van der Waals surface area contributed by atoms with E-state index in [1.54, 1.807) is 12.1 Å². The molecule has 0 bridgehead atoms. The third kappa shape index (κ3) is 3.20. The van der Waals surface area contributed by atoms with Crippen molar-refractivity contribution in [3.63, 3.8) is 0 Å². The van der Waals surface area contributed by atoms with Crippen molar-refractivity contribution in [2.24, 2.45) is 0 Å². The highest BCUT2D eigenvalue weighted by atomic mass is 16.3. The summed E-state index contributed by atoms with van der Waals surface area (Å²) < 4.78 is 0. The van der Waals surface area contributed by atoms with Gasteiger partial charge in [-0.1, -0.05) is 19.1 Å². The number of hydrogen-bond donors (Lipinski definition) is 2. The van der Waals surface area contributed by atoms with Gasteiger partial charge in [-0.15, -0.1) is 24.7 Å². The summed E-state index contributed by atoms with van der Waals surface area (Å²) in [6.07, 6.45) is 12.6. The van der Waals surface area contributed by atoms with Crippen molar-refractivity contribution < 1.29 is 5.11 Å². The van der Waals surface area contributed by atoms with E-state index in [4.69, 9.17) is 12.8 Å². The van der Waals surface area contributed by atoms with E-state index < -0.39 is 0 Å². The van der Waals surface area contributed by atoms with Gasteiger partial charge in [-0.05, 0) is 18.6 Å². The average Bonchev–Trinajstić information content (AvgIpc) is 2.33. The second-order valence-corrected chi connectivity index (χ2v) is 4.04. The molecule has 1 aromatic carbocycles. The summed E-state index contributed by atoms with van der Waals surface area (Å²) in [5.41, 5.74) is 0.322. The molecule has 0 aliphatic rings. The first-order valence-electron chi connectivity index (χ1n) is 5.60. The molecule has 0 spiro atoms. The standard InChI is InChI=1S/C15H17NO/c1-4-11-15(6-3,12-5-2)16-13-9-7-8-10-14(13)17/h1-2,7-10,16-17H,6,11-12H2,3H3. The highest BCUT2D eigenvalue weighted by molar-refractivity contribution is 5.57. The van der Waals surface area contributed by atoms with Gasteiger partial charge in [0.05, 0.1) is 11.2 Å². The molecule has 0 atom stereocenters. The Morgan fingerprint density at radius 3 is 2.29 bits per heavy atom. The number of hydrogen-bond acceptors (Lipinski definition) is 2. The molecule has 0 saturated heterocycles. The molecule has 0 heterocycles. The minimum Gasteiger partial charge on any atom is -0.506 e. The summed E-state index contributed by atoms with van der Waals surface area (Å²) in [6.45, 7) is 2.03. The number of nitrogens with one attached hydrogen (secondary N) is 1. The summed E-state index contributed by atoms with van der Waals surface area (Å²) in [4.78, 5) is 0. The van der Waals surface area contributed by atoms with E-state index in [9.17, 15) is 5.11 Å². The third-order valence-corrected chi connectivity index (χ3v) is 2.86. The first-order valence-corrected chi connectivity index (χ1v) is 5.60. The van der Waals surface area contributed by atoms with Crippen molar-refractivity contribution in [1.29, 1.82) is 0 Å². The van der Waals surface area contributed by atoms with Crippen molar-refractivity contribution in [2.75, 3.05) is 5.32 Å². The molecular formula is C15H17NO. The maximum absolute atomic E-state index is 9.74. The Hall–Kier alpha value is -2.06. The van der Waals surface area contributed by atoms with Gasteiger partial charge in [0, 0.05) is 12.8 Å². The van der Waals surface area contributed by atoms with Crippen LogP contribution >= 0.6 is 0 Å². The zero-order valence-electron chi connectivity index (χ0n) is 10.0. The monoisotopic (exact) mass is 227 g/mol. The van der Waals surface area contributed by atoms with Gasteiger partial charge >= 0.3 is 0 Å². The van der Waals surface area contributed by atoms with Crippen LogP contribution in [0.3, 0.4) is 0 Å². The number of phenols is 1. The Morgan fingerprint density at radius 1 is 1.24 bits per heavy atom. The largest absolute Gasteiger partial charge is 0.506 e. The minimum absolute atomic E-state index is 0.208. The quantitative estimate of drug-likeness (QED) is 0.598. The summed E-state index contributed by atoms with van der Waals surface area (Å²) in [5, 5.41) is 13.0. The molecule has 17 heavy (non-hydrogen) atoms. The number of anilines is 1. The molecule has 0 saturated carbocycles. The molecular weight excluding hydrogens is 210 g/mol. The van der Waals surface area contributed by atoms with E-state index in [2.05, 4.69) is 17.2 Å². The average molecular weight is 227 g/mol. The lowest BCUT2D eigenvalue weighted by Crippen LogP contribution is -2.36. The highest BCUT2D eigenvalue weighted by Crippen LogP contribution is 2.30. The molecule has 0 unspecified atom stereocenters. The molecule has 1 rings (SSSR count). The first-order chi connectivity index (χ1) is 8.17. The number of aromatic hydroxyl groups is 1. The Kier molecular flexibility index (Phi) is 4.49. The zero-order chi connectivity index (χ0) is 12.7. The Morgan fingerprint density at radius 2 is 1.82 bits per heavy atom. The SMILES string of the molecule is C#CCC(CC)(CC#C)Nc1ccccc1O. The molecule has 1 aromatic rings. The van der Waals surface area contributed by atoms with Crippen molar-refractivity contribution >= 4 is 5.69 Å². The summed E-state index contributed by atoms with van der Waals surface area (Å²) in [5.74, 6) is 5.50. The van der Waals surface area contributed by atoms with Gasteiger partial charge in [0.2, 0.25) is 0 Å². The van der Waals surface area contributed by atoms with Crippen LogP contribution in [0.1, 0.15) is 26.2 Å². The van der Waals surface area contributed by atoms with Crippen molar-refractivity contribution in [1.82, 2.24) is 0 Å². The fourth-order valence-electron chi connectivity index (χ4n) is 1.75. The molecule has 2 N–H and O–H groups in total. The minimum atomic E-state index is -0.345. The van der Waals surface area contributed by atoms with Crippen molar-refractivity contribution in [3.05, 3.63) is 24.3 Å². The van der Waals surface area contributed by atoms with Crippen LogP contribution in [0, 0.1) is 24.7 Å². The zero-order valence-corrected chi connectivity index (χ0v) is 10.0. The van der Waals surface area contributed by atoms with E-state index in [0.717, 1.165) is 6.42 Å². The highest BCUT2D eigenvalue weighted by Gasteiger charge is 2.26. The third-order valence-electron chi connectivity index (χ3n) is 2.86. The van der Waals surface area contributed by atoms with E-state index >= 15 is 0 Å². The number of para-hydroxylation sites is 2. The lowest BCUT2D eigenvalue weighted by molar-refractivity contribution is 0.453. The van der Waals surface area contributed by atoms with Crippen molar-refractivity contribution in [2.45, 2.75) is 31.7 Å². The molecule has 88 valence electrons. The van der Waals surface area contributed by atoms with Gasteiger partial charge in [-0.25, -0.2) is 0 Å². The van der Waals surface area contributed by atoms with Gasteiger partial charge < -0.3 is 10.4 Å². The van der Waals surface area contributed by atoms with Gasteiger partial charge in [0.25, 0.3) is 0 Å². The van der Waals surface area contributed by atoms with Crippen LogP contribution in [0.25, 0.3) is 0 Å². The smallest absolute Gasteiger partial charge is 0.138 e. The second-order valence-electron chi connectivity index (χ2n) is 4.04. The predicted octanol–water partition coefficient (Wildman–Crippen LogP) is 3.00. The topological polar surface area (TPSA) is 32.3 Å².